The average Bonchev–Trinajstić information content (AvgIpc) is 2.64. The minimum absolute atomic E-state index is 1.66. The van der Waals surface area contributed by atoms with Crippen LogP contribution in [-0.4, -0.2) is 88.5 Å². The molecule has 48 heavy (non-hydrogen) atoms. The fourth-order valence-electron chi connectivity index (χ4n) is 3.77. The van der Waals surface area contributed by atoms with Crippen LogP contribution in [0.5, 0.6) is 0 Å². The van der Waals surface area contributed by atoms with Gasteiger partial charge in [-0.05, 0) is 0 Å². The predicted molar refractivity (Wildman–Crippen MR) is 89.6 cm³/mol. The first-order chi connectivity index (χ1) is 20.3. The predicted octanol–water partition coefficient (Wildman–Crippen LogP) is 7.92. The van der Waals surface area contributed by atoms with Crippen molar-refractivity contribution in [3.63, 3.8) is 0 Å². The fraction of sp³-hybridized carbons (Fsp3) is 0.812. The van der Waals surface area contributed by atoms with E-state index in [2.05, 4.69) is 0 Å². The molecule has 0 atom stereocenters. The molecule has 32 heteroatoms. The summed E-state index contributed by atoms with van der Waals surface area (Å²) in [4.78, 5) is 37.2. The van der Waals surface area contributed by atoms with Crippen molar-refractivity contribution in [1.82, 2.24) is 0 Å². The van der Waals surface area contributed by atoms with Gasteiger partial charge < -0.3 is 18.2 Å². The van der Waals surface area contributed by atoms with E-state index in [0.717, 1.165) is 0 Å². The Kier molecular flexibility index (Phi) is 11.8. The van der Waals surface area contributed by atoms with Gasteiger partial charge in [0.2, 0.25) is 0 Å². The van der Waals surface area contributed by atoms with Crippen molar-refractivity contribution in [2.45, 2.75) is 61.2 Å². The maximum absolute atomic E-state index is 13.5. The van der Waals surface area contributed by atoms with Gasteiger partial charge in [0.1, 0.15) is 0 Å². The van der Waals surface area contributed by atoms with Crippen LogP contribution in [0.25, 0.3) is 0 Å². The SMILES string of the molecule is O=[C](C(C(F)(F)F)C(F)(F)F)[Al-]([O]C(C(F)(F)F)(C(F)(F)F)C(F)(F)F)([C](=O)C(C(F)(F)F)C(F)(F)F)[C](=O)C(C(F)(F)F)C(F)(F)F. The fourth-order valence-corrected chi connectivity index (χ4v) is 8.43. The molecule has 0 radical (unpaired) electrons. The molecule has 0 saturated heterocycles. The first-order valence-corrected chi connectivity index (χ1v) is 12.6. The van der Waals surface area contributed by atoms with E-state index >= 15 is 0 Å². The highest BCUT2D eigenvalue weighted by Gasteiger charge is 2.88. The maximum atomic E-state index is 13.5. The summed E-state index contributed by atoms with van der Waals surface area (Å²) in [5.41, 5.74) is -9.25. The first kappa shape index (κ1) is 45.6. The zero-order chi connectivity index (χ0) is 39.7. The number of halogens is 27. The molecule has 0 rings (SSSR count). The number of hydrogen-bond acceptors (Lipinski definition) is 4. The van der Waals surface area contributed by atoms with E-state index in [1.54, 1.807) is 3.79 Å². The van der Waals surface area contributed by atoms with E-state index in [9.17, 15) is 133 Å². The van der Waals surface area contributed by atoms with E-state index in [4.69, 9.17) is 0 Å². The molecule has 284 valence electrons. The molecule has 0 bridgehead atoms. The van der Waals surface area contributed by atoms with Gasteiger partial charge in [-0.15, -0.1) is 0 Å². The lowest BCUT2D eigenvalue weighted by Gasteiger charge is -2.50. The number of hydrogen-bond donors (Lipinski definition) is 0. The first-order valence-electron chi connectivity index (χ1n) is 10.4. The standard InChI is InChI=1S/C4F9O.3C4HF6O.Al/c5-2(6,7)1(14,3(8,9)10)4(11,12)13;3*5-3(6,7)2(1-11)4(8,9)10;/h;3*2H;/q-1;;;;. The lowest BCUT2D eigenvalue weighted by molar-refractivity contribution is -0.439. The third kappa shape index (κ3) is 8.48. The van der Waals surface area contributed by atoms with Gasteiger partial charge in [0, 0.05) is 13.9 Å². The smallest absolute Gasteiger partial charge is 0.526 e. The third-order valence-corrected chi connectivity index (χ3v) is 9.68. The second-order valence-electron chi connectivity index (χ2n) is 8.83. The van der Waals surface area contributed by atoms with Crippen LogP contribution in [-0.2, 0) is 18.2 Å². The summed E-state index contributed by atoms with van der Waals surface area (Å²) < 4.78 is 344. The summed E-state index contributed by atoms with van der Waals surface area (Å²) >= 11 is -11.8. The molecule has 0 aromatic rings. The van der Waals surface area contributed by atoms with E-state index in [0.29, 0.717) is 0 Å². The van der Waals surface area contributed by atoms with Crippen molar-refractivity contribution in [2.24, 2.45) is 17.8 Å². The Labute approximate surface area is 244 Å². The summed E-state index contributed by atoms with van der Waals surface area (Å²) in [7, 11) is 0. The molecule has 0 aliphatic heterocycles. The Morgan fingerprint density at radius 2 is 0.479 bits per heavy atom. The van der Waals surface area contributed by atoms with Crippen LogP contribution < -0.4 is 0 Å². The summed E-state index contributed by atoms with van der Waals surface area (Å²) in [6, 6.07) is 0. The zero-order valence-corrected chi connectivity index (χ0v) is 21.8. The summed E-state index contributed by atoms with van der Waals surface area (Å²) in [6.07, 6.45) is -75.7. The van der Waals surface area contributed by atoms with Crippen molar-refractivity contribution < 1.29 is 137 Å². The minimum atomic E-state index is -11.8. The number of carbonyl (C=O) groups is 3. The van der Waals surface area contributed by atoms with Gasteiger partial charge in [-0.2, -0.15) is 119 Å². The summed E-state index contributed by atoms with van der Waals surface area (Å²) in [5, 5.41) is 0. The normalized spacial score (nSPS) is 15.9. The Morgan fingerprint density at radius 3 is 0.583 bits per heavy atom. The third-order valence-electron chi connectivity index (χ3n) is 5.57. The molecule has 0 aromatic heterocycles. The Morgan fingerprint density at radius 1 is 0.333 bits per heavy atom. The Bertz CT molecular complexity index is 1010. The molecule has 0 aromatic carbocycles. The second kappa shape index (κ2) is 12.4. The van der Waals surface area contributed by atoms with Crippen LogP contribution in [0, 0.1) is 17.8 Å². The zero-order valence-electron chi connectivity index (χ0n) is 20.6. The van der Waals surface area contributed by atoms with Crippen molar-refractivity contribution >= 4 is 27.3 Å². The highest BCUT2D eigenvalue weighted by Crippen LogP contribution is 2.58. The van der Waals surface area contributed by atoms with Crippen molar-refractivity contribution in [1.29, 1.82) is 0 Å². The van der Waals surface area contributed by atoms with Gasteiger partial charge in [-0.25, -0.2) is 0 Å². The molecule has 4 nitrogen and oxygen atoms in total. The molecule has 0 amide bonds. The number of carbonyl (C=O) groups excluding carboxylic acids is 3. The monoisotopic (exact) mass is 799 g/mol. The van der Waals surface area contributed by atoms with Gasteiger partial charge >= 0.3 is 74.6 Å². The minimum Gasteiger partial charge on any atom is -0.619 e. The summed E-state index contributed by atoms with van der Waals surface area (Å²) in [6.45, 7) is 0. The molecule has 0 unspecified atom stereocenters. The number of alkyl halides is 27. The number of rotatable bonds is 8. The maximum Gasteiger partial charge on any atom is 0.526 e. The molecule has 0 aliphatic carbocycles. The average molecular weight is 799 g/mol. The van der Waals surface area contributed by atoms with E-state index in [1.807, 2.05) is 0 Å². The lowest BCUT2D eigenvalue weighted by atomic mass is 10.0. The largest absolute Gasteiger partial charge is 0.619 e. The molecule has 0 N–H and O–H groups in total. The molecule has 0 heterocycles. The molecular weight excluding hydrogens is 796 g/mol. The second-order valence-corrected chi connectivity index (χ2v) is 12.4. The van der Waals surface area contributed by atoms with Gasteiger partial charge in [0.25, 0.3) is 0 Å². The Hall–Kier alpha value is -2.39. The van der Waals surface area contributed by atoms with Gasteiger partial charge in [0.05, 0.1) is 0 Å². The van der Waals surface area contributed by atoms with Crippen LogP contribution in [0.3, 0.4) is 0 Å². The molecule has 0 aliphatic rings. The van der Waals surface area contributed by atoms with Crippen LogP contribution >= 0.6 is 0 Å². The molecule has 0 saturated carbocycles. The highest BCUT2D eigenvalue weighted by atomic mass is 27.3. The van der Waals surface area contributed by atoms with E-state index in [1.165, 1.54) is 0 Å². The van der Waals surface area contributed by atoms with Gasteiger partial charge in [-0.1, -0.05) is 0 Å². The van der Waals surface area contributed by atoms with Crippen molar-refractivity contribution in [3.8, 4) is 0 Å². The quantitative estimate of drug-likeness (QED) is 0.185. The summed E-state index contributed by atoms with van der Waals surface area (Å²) in [5.74, 6) is -21.5. The van der Waals surface area contributed by atoms with Crippen LogP contribution in [0.15, 0.2) is 0 Å². The van der Waals surface area contributed by atoms with E-state index in [-0.39, 0.29) is 0 Å². The van der Waals surface area contributed by atoms with Gasteiger partial charge in [-0.3, -0.25) is 0 Å². The van der Waals surface area contributed by atoms with Crippen molar-refractivity contribution in [2.75, 3.05) is 0 Å². The Balaban J connectivity index is 9.59. The van der Waals surface area contributed by atoms with Crippen LogP contribution in [0.1, 0.15) is 0 Å². The topological polar surface area (TPSA) is 60.4 Å². The van der Waals surface area contributed by atoms with Crippen molar-refractivity contribution in [3.05, 3.63) is 0 Å². The van der Waals surface area contributed by atoms with Crippen LogP contribution in [0.4, 0.5) is 119 Å². The lowest BCUT2D eigenvalue weighted by Crippen LogP contribution is -2.80. The van der Waals surface area contributed by atoms with E-state index < -0.39 is 106 Å². The molecular formula is C16H3AlF27O4-. The molecule has 0 spiro atoms. The molecule has 0 fully saturated rings. The van der Waals surface area contributed by atoms with Gasteiger partial charge in [0.15, 0.2) is 17.8 Å². The highest BCUT2D eigenvalue weighted by molar-refractivity contribution is 7.37. The van der Waals surface area contributed by atoms with Crippen LogP contribution in [0.2, 0.25) is 0 Å².